The van der Waals surface area contributed by atoms with E-state index in [-0.39, 0.29) is 28.8 Å². The van der Waals surface area contributed by atoms with Crippen molar-refractivity contribution in [2.24, 2.45) is 5.73 Å². The minimum Gasteiger partial charge on any atom is -0.497 e. The van der Waals surface area contributed by atoms with Crippen LogP contribution in [0, 0.1) is 6.92 Å². The van der Waals surface area contributed by atoms with E-state index in [1.54, 1.807) is 55.5 Å². The standard InChI is InChI=1S/C26H25ClN4O6S/c1-15-30-31-26(37-15)20-11-9-16(24(25(28)32)19-6-4-5-7-21(19)27)12-23(20)38(33,34)29-14-17-8-10-18(35-2)13-22(17)36-3/h4-13,24,29H,14H2,1-3H3,(H2,28,32). The maximum absolute atomic E-state index is 13.7. The van der Waals surface area contributed by atoms with E-state index >= 15 is 0 Å². The summed E-state index contributed by atoms with van der Waals surface area (Å²) in [4.78, 5) is 12.4. The fourth-order valence-corrected chi connectivity index (χ4v) is 5.46. The molecule has 1 heterocycles. The minimum absolute atomic E-state index is 0.00446. The van der Waals surface area contributed by atoms with Crippen LogP contribution in [0.5, 0.6) is 11.5 Å². The van der Waals surface area contributed by atoms with E-state index in [4.69, 9.17) is 31.2 Å². The molecule has 0 radical (unpaired) electrons. The third-order valence-corrected chi connectivity index (χ3v) is 7.62. The zero-order valence-electron chi connectivity index (χ0n) is 20.8. The zero-order valence-corrected chi connectivity index (χ0v) is 22.3. The average Bonchev–Trinajstić information content (AvgIpc) is 3.34. The van der Waals surface area contributed by atoms with Gasteiger partial charge in [0.05, 0.1) is 30.6 Å². The number of nitrogens with one attached hydrogen (secondary N) is 1. The molecule has 12 heteroatoms. The number of primary amides is 1. The minimum atomic E-state index is -4.19. The van der Waals surface area contributed by atoms with Gasteiger partial charge in [-0.3, -0.25) is 4.79 Å². The molecule has 1 amide bonds. The smallest absolute Gasteiger partial charge is 0.249 e. The van der Waals surface area contributed by atoms with Gasteiger partial charge in [-0.25, -0.2) is 13.1 Å². The molecule has 0 saturated carbocycles. The van der Waals surface area contributed by atoms with Gasteiger partial charge in [-0.05, 0) is 35.4 Å². The number of ether oxygens (including phenoxy) is 2. The normalized spacial score (nSPS) is 12.2. The number of aromatic nitrogens is 2. The van der Waals surface area contributed by atoms with Crippen molar-refractivity contribution in [2.45, 2.75) is 24.3 Å². The van der Waals surface area contributed by atoms with Crippen LogP contribution in [0.15, 0.2) is 70.0 Å². The van der Waals surface area contributed by atoms with Crippen LogP contribution in [-0.2, 0) is 21.4 Å². The molecule has 1 aromatic heterocycles. The largest absolute Gasteiger partial charge is 0.497 e. The highest BCUT2D eigenvalue weighted by Crippen LogP contribution is 2.35. The summed E-state index contributed by atoms with van der Waals surface area (Å²) < 4.78 is 46.0. The van der Waals surface area contributed by atoms with Crippen molar-refractivity contribution in [3.8, 4) is 23.0 Å². The first-order valence-electron chi connectivity index (χ1n) is 11.3. The lowest BCUT2D eigenvalue weighted by Crippen LogP contribution is -2.26. The summed E-state index contributed by atoms with van der Waals surface area (Å²) in [5.41, 5.74) is 7.25. The Balaban J connectivity index is 1.80. The summed E-state index contributed by atoms with van der Waals surface area (Å²) in [6.45, 7) is 1.50. The van der Waals surface area contributed by atoms with Crippen molar-refractivity contribution in [1.82, 2.24) is 14.9 Å². The first-order valence-corrected chi connectivity index (χ1v) is 13.2. The second kappa shape index (κ2) is 11.2. The Morgan fingerprint density at radius 2 is 1.84 bits per heavy atom. The van der Waals surface area contributed by atoms with Gasteiger partial charge >= 0.3 is 0 Å². The highest BCUT2D eigenvalue weighted by molar-refractivity contribution is 7.89. The molecule has 0 spiro atoms. The predicted molar refractivity (Wildman–Crippen MR) is 141 cm³/mol. The van der Waals surface area contributed by atoms with Crippen LogP contribution in [0.1, 0.15) is 28.5 Å². The first kappa shape index (κ1) is 27.1. The van der Waals surface area contributed by atoms with Gasteiger partial charge in [-0.2, -0.15) is 0 Å². The molecule has 4 aromatic rings. The second-order valence-electron chi connectivity index (χ2n) is 8.24. The molecule has 0 bridgehead atoms. The Kier molecular flexibility index (Phi) is 8.00. The van der Waals surface area contributed by atoms with E-state index < -0.39 is 21.8 Å². The van der Waals surface area contributed by atoms with Crippen molar-refractivity contribution in [2.75, 3.05) is 14.2 Å². The lowest BCUT2D eigenvalue weighted by Gasteiger charge is -2.18. The molecular formula is C26H25ClN4O6S. The summed E-state index contributed by atoms with van der Waals surface area (Å²) in [7, 11) is -1.19. The summed E-state index contributed by atoms with van der Waals surface area (Å²) in [6, 6.07) is 16.2. The lowest BCUT2D eigenvalue weighted by molar-refractivity contribution is -0.118. The van der Waals surface area contributed by atoms with Crippen LogP contribution in [0.2, 0.25) is 5.02 Å². The van der Waals surface area contributed by atoms with Gasteiger partial charge in [0, 0.05) is 30.1 Å². The number of carbonyl (C=O) groups is 1. The number of hydrogen-bond donors (Lipinski definition) is 2. The van der Waals surface area contributed by atoms with Gasteiger partial charge in [-0.15, -0.1) is 10.2 Å². The number of methoxy groups -OCH3 is 2. The molecule has 0 saturated heterocycles. The molecule has 1 atom stereocenters. The maximum Gasteiger partial charge on any atom is 0.249 e. The van der Waals surface area contributed by atoms with Gasteiger partial charge in [0.1, 0.15) is 11.5 Å². The van der Waals surface area contributed by atoms with Crippen molar-refractivity contribution in [1.29, 1.82) is 0 Å². The molecule has 4 rings (SSSR count). The van der Waals surface area contributed by atoms with Crippen LogP contribution in [0.25, 0.3) is 11.5 Å². The number of nitrogens with two attached hydrogens (primary N) is 1. The van der Waals surface area contributed by atoms with Gasteiger partial charge in [0.15, 0.2) is 0 Å². The molecule has 0 fully saturated rings. The van der Waals surface area contributed by atoms with Crippen molar-refractivity contribution in [3.05, 3.63) is 88.3 Å². The molecule has 198 valence electrons. The van der Waals surface area contributed by atoms with E-state index in [1.807, 2.05) is 0 Å². The first-order chi connectivity index (χ1) is 18.1. The number of rotatable bonds is 10. The van der Waals surface area contributed by atoms with E-state index in [9.17, 15) is 13.2 Å². The van der Waals surface area contributed by atoms with E-state index in [0.29, 0.717) is 33.2 Å². The molecule has 3 aromatic carbocycles. The molecular weight excluding hydrogens is 532 g/mol. The third kappa shape index (κ3) is 5.64. The number of halogens is 1. The fourth-order valence-electron chi connectivity index (χ4n) is 3.98. The summed E-state index contributed by atoms with van der Waals surface area (Å²) in [5, 5.41) is 8.11. The molecule has 3 N–H and O–H groups in total. The van der Waals surface area contributed by atoms with E-state index in [0.717, 1.165) is 0 Å². The summed E-state index contributed by atoms with van der Waals surface area (Å²) in [6.07, 6.45) is 0. The fraction of sp³-hybridized carbons (Fsp3) is 0.192. The van der Waals surface area contributed by atoms with E-state index in [2.05, 4.69) is 14.9 Å². The second-order valence-corrected chi connectivity index (χ2v) is 10.4. The van der Waals surface area contributed by atoms with Crippen LogP contribution in [0.3, 0.4) is 0 Å². The molecule has 10 nitrogen and oxygen atoms in total. The number of nitrogens with zero attached hydrogens (tertiary/aromatic N) is 2. The quantitative estimate of drug-likeness (QED) is 0.300. The van der Waals surface area contributed by atoms with Gasteiger partial charge in [0.2, 0.25) is 27.7 Å². The van der Waals surface area contributed by atoms with Crippen LogP contribution >= 0.6 is 11.6 Å². The predicted octanol–water partition coefficient (Wildman–Crippen LogP) is 3.81. The molecule has 0 aliphatic rings. The SMILES string of the molecule is COc1ccc(CNS(=O)(=O)c2cc(C(C(N)=O)c3ccccc3Cl)ccc2-c2nnc(C)o2)c(OC)c1. The Bertz CT molecular complexity index is 1590. The van der Waals surface area contributed by atoms with Crippen LogP contribution in [-0.4, -0.2) is 38.7 Å². The maximum atomic E-state index is 13.7. The van der Waals surface area contributed by atoms with Crippen LogP contribution < -0.4 is 19.9 Å². The van der Waals surface area contributed by atoms with Crippen molar-refractivity contribution in [3.63, 3.8) is 0 Å². The average molecular weight is 557 g/mol. The van der Waals surface area contributed by atoms with Crippen molar-refractivity contribution >= 4 is 27.5 Å². The molecule has 38 heavy (non-hydrogen) atoms. The molecule has 1 unspecified atom stereocenters. The Hall–Kier alpha value is -3.93. The van der Waals surface area contributed by atoms with Crippen LogP contribution in [0.4, 0.5) is 0 Å². The van der Waals surface area contributed by atoms with Gasteiger partial charge in [-0.1, -0.05) is 41.9 Å². The Morgan fingerprint density at radius 3 is 2.47 bits per heavy atom. The van der Waals surface area contributed by atoms with Gasteiger partial charge in [0.25, 0.3) is 0 Å². The van der Waals surface area contributed by atoms with E-state index in [1.165, 1.54) is 26.4 Å². The Labute approximate surface area is 224 Å². The summed E-state index contributed by atoms with van der Waals surface area (Å²) in [5.74, 6) is -0.427. The summed E-state index contributed by atoms with van der Waals surface area (Å²) >= 11 is 6.35. The number of hydrogen-bond acceptors (Lipinski definition) is 8. The number of aryl methyl sites for hydroxylation is 1. The number of carbonyl (C=O) groups excluding carboxylic acids is 1. The number of amides is 1. The molecule has 0 aliphatic heterocycles. The number of benzene rings is 3. The third-order valence-electron chi connectivity index (χ3n) is 5.83. The highest BCUT2D eigenvalue weighted by atomic mass is 35.5. The highest BCUT2D eigenvalue weighted by Gasteiger charge is 2.28. The number of sulfonamides is 1. The monoisotopic (exact) mass is 556 g/mol. The van der Waals surface area contributed by atoms with Gasteiger partial charge < -0.3 is 19.6 Å². The van der Waals surface area contributed by atoms with Crippen molar-refractivity contribution < 1.29 is 27.1 Å². The zero-order chi connectivity index (χ0) is 27.4. The molecule has 0 aliphatic carbocycles. The Morgan fingerprint density at radius 1 is 1.08 bits per heavy atom. The lowest BCUT2D eigenvalue weighted by atomic mass is 9.90. The topological polar surface area (TPSA) is 147 Å².